The van der Waals surface area contributed by atoms with Crippen molar-refractivity contribution in [2.75, 3.05) is 27.2 Å². The quantitative estimate of drug-likeness (QED) is 0.380. The van der Waals surface area contributed by atoms with E-state index >= 15 is 0 Å². The number of fused-ring (bicyclic) bond motifs is 1. The van der Waals surface area contributed by atoms with Crippen LogP contribution in [0.3, 0.4) is 0 Å². The second-order valence-electron chi connectivity index (χ2n) is 6.65. The lowest BCUT2D eigenvalue weighted by Gasteiger charge is -2.17. The highest BCUT2D eigenvalue weighted by molar-refractivity contribution is 6.35. The number of hydrogen-bond acceptors (Lipinski definition) is 4. The number of nitrogens with two attached hydrogens (primary N) is 1. The molecule has 7 nitrogen and oxygen atoms in total. The van der Waals surface area contributed by atoms with Crippen molar-refractivity contribution in [3.8, 4) is 5.75 Å². The third-order valence-electron chi connectivity index (χ3n) is 4.46. The molecule has 1 aromatic heterocycles. The van der Waals surface area contributed by atoms with Crippen molar-refractivity contribution >= 4 is 46.8 Å². The summed E-state index contributed by atoms with van der Waals surface area (Å²) in [4.78, 5) is 21.3. The van der Waals surface area contributed by atoms with Crippen molar-refractivity contribution < 1.29 is 9.53 Å². The number of carbonyl (C=O) groups excluding carboxylic acids is 1. The predicted molar refractivity (Wildman–Crippen MR) is 124 cm³/mol. The lowest BCUT2D eigenvalue weighted by Crippen LogP contribution is -2.36. The Morgan fingerprint density at radius 1 is 1.27 bits per heavy atom. The molecule has 2 aromatic carbocycles. The number of halogens is 2. The SMILES string of the molecule is CN=C(N)NC(=O)c1cc2c(Cl)ccc(OCCN(C)Cc3ccccc3)c2[nH]1.Cl. The minimum Gasteiger partial charge on any atom is -0.490 e. The Kier molecular flexibility index (Phi) is 8.53. The minimum absolute atomic E-state index is 0. The first kappa shape index (κ1) is 23.5. The highest BCUT2D eigenvalue weighted by atomic mass is 35.5. The number of likely N-dealkylation sites (N-methyl/N-ethyl adjacent to an activating group) is 1. The van der Waals surface area contributed by atoms with Gasteiger partial charge in [0.1, 0.15) is 18.1 Å². The van der Waals surface area contributed by atoms with E-state index in [0.717, 1.165) is 13.1 Å². The summed E-state index contributed by atoms with van der Waals surface area (Å²) < 4.78 is 5.97. The third-order valence-corrected chi connectivity index (χ3v) is 4.79. The average Bonchev–Trinajstić information content (AvgIpc) is 3.17. The monoisotopic (exact) mass is 449 g/mol. The van der Waals surface area contributed by atoms with E-state index in [-0.39, 0.29) is 18.4 Å². The van der Waals surface area contributed by atoms with E-state index in [1.807, 2.05) is 25.2 Å². The van der Waals surface area contributed by atoms with Crippen LogP contribution in [0.15, 0.2) is 53.5 Å². The topological polar surface area (TPSA) is 95.7 Å². The molecular formula is C21H25Cl2N5O2. The van der Waals surface area contributed by atoms with Crippen LogP contribution in [0.4, 0.5) is 0 Å². The van der Waals surface area contributed by atoms with E-state index in [1.165, 1.54) is 12.6 Å². The Hall–Kier alpha value is -2.74. The van der Waals surface area contributed by atoms with Gasteiger partial charge in [-0.2, -0.15) is 0 Å². The molecule has 0 saturated carbocycles. The first-order valence-electron chi connectivity index (χ1n) is 9.18. The molecule has 0 aliphatic rings. The standard InChI is InChI=1S/C21H24ClN5O2.ClH/c1-24-21(23)26-20(28)17-12-15-16(22)8-9-18(19(15)25-17)29-11-10-27(2)13-14-6-4-3-5-7-14;/h3-9,12,25H,10-11,13H2,1-2H3,(H3,23,24,26,28);1H. The fourth-order valence-electron chi connectivity index (χ4n) is 2.93. The summed E-state index contributed by atoms with van der Waals surface area (Å²) in [6, 6.07) is 15.5. The number of hydrogen-bond donors (Lipinski definition) is 3. The van der Waals surface area contributed by atoms with Crippen LogP contribution in [0.5, 0.6) is 5.75 Å². The molecule has 1 amide bonds. The van der Waals surface area contributed by atoms with Gasteiger partial charge in [-0.25, -0.2) is 0 Å². The maximum Gasteiger partial charge on any atom is 0.274 e. The summed E-state index contributed by atoms with van der Waals surface area (Å²) in [6.07, 6.45) is 0. The fourth-order valence-corrected chi connectivity index (χ4v) is 3.14. The Bertz CT molecular complexity index is 1020. The van der Waals surface area contributed by atoms with Crippen LogP contribution in [0.2, 0.25) is 5.02 Å². The number of ether oxygens (including phenoxy) is 1. The summed E-state index contributed by atoms with van der Waals surface area (Å²) in [5.41, 5.74) is 7.80. The molecule has 0 fully saturated rings. The van der Waals surface area contributed by atoms with Crippen LogP contribution in [-0.4, -0.2) is 49.0 Å². The largest absolute Gasteiger partial charge is 0.490 e. The van der Waals surface area contributed by atoms with E-state index in [0.29, 0.717) is 34.0 Å². The molecule has 1 heterocycles. The number of aromatic nitrogens is 1. The molecule has 9 heteroatoms. The van der Waals surface area contributed by atoms with Crippen LogP contribution in [0, 0.1) is 0 Å². The van der Waals surface area contributed by atoms with Crippen LogP contribution >= 0.6 is 24.0 Å². The van der Waals surface area contributed by atoms with Gasteiger partial charge < -0.3 is 15.5 Å². The Labute approximate surface area is 186 Å². The number of aromatic amines is 1. The molecule has 3 rings (SSSR count). The zero-order valence-corrected chi connectivity index (χ0v) is 18.4. The number of carbonyl (C=O) groups is 1. The van der Waals surface area contributed by atoms with E-state index in [1.54, 1.807) is 18.2 Å². The molecule has 0 atom stereocenters. The molecule has 0 aliphatic heterocycles. The molecule has 0 spiro atoms. The van der Waals surface area contributed by atoms with Crippen molar-refractivity contribution in [3.63, 3.8) is 0 Å². The van der Waals surface area contributed by atoms with E-state index < -0.39 is 5.91 Å². The lowest BCUT2D eigenvalue weighted by atomic mass is 10.2. The fraction of sp³-hybridized carbons (Fsp3) is 0.238. The summed E-state index contributed by atoms with van der Waals surface area (Å²) in [5.74, 6) is 0.278. The maximum atomic E-state index is 12.3. The van der Waals surface area contributed by atoms with Crippen LogP contribution in [0.25, 0.3) is 10.9 Å². The smallest absolute Gasteiger partial charge is 0.274 e. The van der Waals surface area contributed by atoms with Gasteiger partial charge in [-0.3, -0.25) is 20.0 Å². The van der Waals surface area contributed by atoms with Gasteiger partial charge in [-0.15, -0.1) is 12.4 Å². The van der Waals surface area contributed by atoms with Gasteiger partial charge >= 0.3 is 0 Å². The summed E-state index contributed by atoms with van der Waals surface area (Å²) in [5, 5.41) is 3.73. The van der Waals surface area contributed by atoms with Gasteiger partial charge in [-0.1, -0.05) is 41.9 Å². The summed E-state index contributed by atoms with van der Waals surface area (Å²) >= 11 is 6.29. The van der Waals surface area contributed by atoms with E-state index in [4.69, 9.17) is 22.1 Å². The van der Waals surface area contributed by atoms with Gasteiger partial charge in [0.25, 0.3) is 5.91 Å². The van der Waals surface area contributed by atoms with Crippen molar-refractivity contribution in [2.24, 2.45) is 10.7 Å². The number of guanidine groups is 1. The van der Waals surface area contributed by atoms with E-state index in [2.05, 4.69) is 32.3 Å². The normalized spacial score (nSPS) is 11.4. The van der Waals surface area contributed by atoms with E-state index in [9.17, 15) is 4.79 Å². The van der Waals surface area contributed by atoms with Crippen molar-refractivity contribution in [1.82, 2.24) is 15.2 Å². The number of H-pyrrole nitrogens is 1. The summed E-state index contributed by atoms with van der Waals surface area (Å²) in [6.45, 7) is 2.08. The molecule has 160 valence electrons. The number of benzene rings is 2. The van der Waals surface area contributed by atoms with Crippen LogP contribution in [0.1, 0.15) is 16.1 Å². The molecule has 3 aromatic rings. The molecule has 0 radical (unpaired) electrons. The highest BCUT2D eigenvalue weighted by Gasteiger charge is 2.15. The zero-order valence-electron chi connectivity index (χ0n) is 16.8. The molecule has 0 aliphatic carbocycles. The number of amides is 1. The maximum absolute atomic E-state index is 12.3. The van der Waals surface area contributed by atoms with Crippen molar-refractivity contribution in [2.45, 2.75) is 6.54 Å². The van der Waals surface area contributed by atoms with Crippen LogP contribution < -0.4 is 15.8 Å². The average molecular weight is 450 g/mol. The van der Waals surface area contributed by atoms with Gasteiger partial charge in [0.15, 0.2) is 5.96 Å². The Morgan fingerprint density at radius 3 is 2.70 bits per heavy atom. The lowest BCUT2D eigenvalue weighted by molar-refractivity contribution is 0.0972. The first-order chi connectivity index (χ1) is 14.0. The Morgan fingerprint density at radius 2 is 2.00 bits per heavy atom. The Balaban J connectivity index is 0.00000320. The van der Waals surface area contributed by atoms with Gasteiger partial charge in [0.2, 0.25) is 0 Å². The minimum atomic E-state index is -0.395. The van der Waals surface area contributed by atoms with Crippen molar-refractivity contribution in [3.05, 3.63) is 64.8 Å². The van der Waals surface area contributed by atoms with Gasteiger partial charge in [0, 0.05) is 25.5 Å². The number of nitrogens with zero attached hydrogens (tertiary/aromatic N) is 2. The number of aliphatic imine (C=N–C) groups is 1. The van der Waals surface area contributed by atoms with Gasteiger partial charge in [0.05, 0.1) is 10.5 Å². The zero-order chi connectivity index (χ0) is 20.8. The molecule has 0 saturated heterocycles. The van der Waals surface area contributed by atoms with Crippen molar-refractivity contribution in [1.29, 1.82) is 0 Å². The van der Waals surface area contributed by atoms with Gasteiger partial charge in [-0.05, 0) is 30.8 Å². The third kappa shape index (κ3) is 5.89. The number of nitrogens with one attached hydrogen (secondary N) is 2. The predicted octanol–water partition coefficient (Wildman–Crippen LogP) is 3.43. The second-order valence-corrected chi connectivity index (χ2v) is 7.06. The highest BCUT2D eigenvalue weighted by Crippen LogP contribution is 2.31. The number of rotatable bonds is 7. The molecule has 0 bridgehead atoms. The molecule has 0 unspecified atom stereocenters. The first-order valence-corrected chi connectivity index (χ1v) is 9.56. The molecule has 30 heavy (non-hydrogen) atoms. The van der Waals surface area contributed by atoms with Crippen LogP contribution in [-0.2, 0) is 6.54 Å². The second kappa shape index (κ2) is 10.9. The molecular weight excluding hydrogens is 425 g/mol. The summed E-state index contributed by atoms with van der Waals surface area (Å²) in [7, 11) is 3.54. The molecule has 4 N–H and O–H groups in total.